The molecule has 0 aromatic carbocycles. The average Bonchev–Trinajstić information content (AvgIpc) is 2.22. The van der Waals surface area contributed by atoms with Crippen molar-refractivity contribution >= 4 is 6.16 Å². The van der Waals surface area contributed by atoms with Crippen LogP contribution in [0, 0.1) is 5.92 Å². The van der Waals surface area contributed by atoms with E-state index in [9.17, 15) is 4.79 Å². The fourth-order valence-corrected chi connectivity index (χ4v) is 1.26. The summed E-state index contributed by atoms with van der Waals surface area (Å²) in [5, 5.41) is 8.17. The van der Waals surface area contributed by atoms with Gasteiger partial charge in [-0.3, -0.25) is 0 Å². The zero-order chi connectivity index (χ0) is 13.1. The third kappa shape index (κ3) is 12.5. The van der Waals surface area contributed by atoms with Gasteiger partial charge in [-0.05, 0) is 39.0 Å². The van der Waals surface area contributed by atoms with Crippen LogP contribution in [0.25, 0.3) is 0 Å². The van der Waals surface area contributed by atoms with Gasteiger partial charge in [0.25, 0.3) is 0 Å². The van der Waals surface area contributed by atoms with Gasteiger partial charge in [0.1, 0.15) is 12.5 Å². The highest BCUT2D eigenvalue weighted by Gasteiger charge is 2.00. The van der Waals surface area contributed by atoms with E-state index < -0.39 is 6.16 Å². The number of rotatable bonds is 8. The van der Waals surface area contributed by atoms with Crippen LogP contribution >= 0.6 is 0 Å². The summed E-state index contributed by atoms with van der Waals surface area (Å²) in [6.45, 7) is 6.96. The van der Waals surface area contributed by atoms with Gasteiger partial charge in [-0.15, -0.1) is 0 Å². The molecule has 0 aliphatic rings. The molecule has 0 heterocycles. The minimum Gasteiger partial charge on any atom is -0.498 e. The van der Waals surface area contributed by atoms with E-state index in [2.05, 4.69) is 31.6 Å². The van der Waals surface area contributed by atoms with Crippen LogP contribution in [0.3, 0.4) is 0 Å². The van der Waals surface area contributed by atoms with Crippen LogP contribution in [-0.4, -0.2) is 17.9 Å². The van der Waals surface area contributed by atoms with E-state index in [1.165, 1.54) is 11.8 Å². The maximum atomic E-state index is 9.98. The molecule has 4 nitrogen and oxygen atoms in total. The molecular weight excluding hydrogens is 220 g/mol. The molecular formula is C13H22O4. The SMILES string of the molecule is CC(C)=CCCC(C)CCO/C=C/OC(=O)O. The highest BCUT2D eigenvalue weighted by Crippen LogP contribution is 2.11. The molecule has 4 heteroatoms. The molecule has 1 atom stereocenters. The van der Waals surface area contributed by atoms with E-state index >= 15 is 0 Å². The molecule has 0 bridgehead atoms. The van der Waals surface area contributed by atoms with E-state index in [0.717, 1.165) is 25.5 Å². The quantitative estimate of drug-likeness (QED) is 0.303. The summed E-state index contributed by atoms with van der Waals surface area (Å²) in [7, 11) is 0. The van der Waals surface area contributed by atoms with Gasteiger partial charge in [0.15, 0.2) is 0 Å². The van der Waals surface area contributed by atoms with Crippen molar-refractivity contribution in [3.8, 4) is 0 Å². The summed E-state index contributed by atoms with van der Waals surface area (Å²) in [4.78, 5) is 9.98. The largest absolute Gasteiger partial charge is 0.510 e. The summed E-state index contributed by atoms with van der Waals surface area (Å²) < 4.78 is 9.24. The molecule has 0 aliphatic heterocycles. The zero-order valence-electron chi connectivity index (χ0n) is 10.8. The van der Waals surface area contributed by atoms with Crippen molar-refractivity contribution in [3.05, 3.63) is 24.2 Å². The first-order valence-corrected chi connectivity index (χ1v) is 5.82. The first-order valence-electron chi connectivity index (χ1n) is 5.82. The van der Waals surface area contributed by atoms with Crippen molar-refractivity contribution in [1.29, 1.82) is 0 Å². The Hall–Kier alpha value is -1.45. The summed E-state index contributed by atoms with van der Waals surface area (Å²) >= 11 is 0. The Kier molecular flexibility index (Phi) is 8.92. The molecule has 0 spiro atoms. The van der Waals surface area contributed by atoms with Crippen LogP contribution in [-0.2, 0) is 9.47 Å². The molecule has 0 aromatic rings. The van der Waals surface area contributed by atoms with Gasteiger partial charge < -0.3 is 14.6 Å². The highest BCUT2D eigenvalue weighted by atomic mass is 16.7. The minimum absolute atomic E-state index is 0.579. The predicted octanol–water partition coefficient (Wildman–Crippen LogP) is 3.94. The smallest absolute Gasteiger partial charge is 0.498 e. The van der Waals surface area contributed by atoms with Gasteiger partial charge in [0.05, 0.1) is 6.61 Å². The fraction of sp³-hybridized carbons (Fsp3) is 0.615. The summed E-state index contributed by atoms with van der Waals surface area (Å²) in [6, 6.07) is 0. The van der Waals surface area contributed by atoms with Crippen molar-refractivity contribution in [3.63, 3.8) is 0 Å². The van der Waals surface area contributed by atoms with E-state index in [-0.39, 0.29) is 0 Å². The zero-order valence-corrected chi connectivity index (χ0v) is 10.8. The molecule has 0 radical (unpaired) electrons. The van der Waals surface area contributed by atoms with Gasteiger partial charge in [0.2, 0.25) is 0 Å². The molecule has 0 fully saturated rings. The maximum absolute atomic E-state index is 9.98. The van der Waals surface area contributed by atoms with Gasteiger partial charge in [-0.1, -0.05) is 18.6 Å². The third-order valence-electron chi connectivity index (χ3n) is 2.26. The third-order valence-corrected chi connectivity index (χ3v) is 2.26. The number of carbonyl (C=O) groups is 1. The van der Waals surface area contributed by atoms with Gasteiger partial charge in [0, 0.05) is 0 Å². The van der Waals surface area contributed by atoms with Crippen LogP contribution in [0.15, 0.2) is 24.2 Å². The topological polar surface area (TPSA) is 55.8 Å². The summed E-state index contributed by atoms with van der Waals surface area (Å²) in [5.74, 6) is 0.597. The van der Waals surface area contributed by atoms with Gasteiger partial charge >= 0.3 is 6.16 Å². The van der Waals surface area contributed by atoms with Crippen molar-refractivity contribution in [2.45, 2.75) is 40.0 Å². The van der Waals surface area contributed by atoms with Crippen molar-refractivity contribution in [1.82, 2.24) is 0 Å². The van der Waals surface area contributed by atoms with Crippen LogP contribution < -0.4 is 0 Å². The van der Waals surface area contributed by atoms with E-state index in [1.54, 1.807) is 0 Å². The molecule has 0 aromatic heterocycles. The average molecular weight is 242 g/mol. The Morgan fingerprint density at radius 2 is 2.00 bits per heavy atom. The number of hydrogen-bond donors (Lipinski definition) is 1. The second kappa shape index (κ2) is 9.75. The molecule has 0 saturated heterocycles. The highest BCUT2D eigenvalue weighted by molar-refractivity contribution is 5.57. The molecule has 0 amide bonds. The predicted molar refractivity (Wildman–Crippen MR) is 66.6 cm³/mol. The van der Waals surface area contributed by atoms with Crippen molar-refractivity contribution in [2.24, 2.45) is 5.92 Å². The van der Waals surface area contributed by atoms with Crippen LogP contribution in [0.4, 0.5) is 4.79 Å². The van der Waals surface area contributed by atoms with Crippen molar-refractivity contribution in [2.75, 3.05) is 6.61 Å². The first-order chi connectivity index (χ1) is 8.02. The summed E-state index contributed by atoms with van der Waals surface area (Å²) in [5.41, 5.74) is 1.35. The minimum atomic E-state index is -1.33. The van der Waals surface area contributed by atoms with Gasteiger partial charge in [-0.2, -0.15) is 0 Å². The lowest BCUT2D eigenvalue weighted by Crippen LogP contribution is -1.99. The normalized spacial score (nSPS) is 12.2. The van der Waals surface area contributed by atoms with E-state index in [0.29, 0.717) is 12.5 Å². The lowest BCUT2D eigenvalue weighted by Gasteiger charge is -2.09. The second-order valence-electron chi connectivity index (χ2n) is 4.28. The lowest BCUT2D eigenvalue weighted by molar-refractivity contribution is 0.123. The molecule has 1 N–H and O–H groups in total. The van der Waals surface area contributed by atoms with Crippen LogP contribution in [0.1, 0.15) is 40.0 Å². The fourth-order valence-electron chi connectivity index (χ4n) is 1.26. The number of ether oxygens (including phenoxy) is 2. The van der Waals surface area contributed by atoms with E-state index in [4.69, 9.17) is 9.84 Å². The number of carboxylic acid groups (broad SMARTS) is 1. The molecule has 98 valence electrons. The Balaban J connectivity index is 3.45. The first kappa shape index (κ1) is 15.6. The second-order valence-corrected chi connectivity index (χ2v) is 4.28. The molecule has 1 unspecified atom stereocenters. The monoisotopic (exact) mass is 242 g/mol. The molecule has 17 heavy (non-hydrogen) atoms. The number of hydrogen-bond acceptors (Lipinski definition) is 3. The molecule has 0 aliphatic carbocycles. The molecule has 0 rings (SSSR count). The van der Waals surface area contributed by atoms with Crippen LogP contribution in [0.2, 0.25) is 0 Å². The van der Waals surface area contributed by atoms with Crippen LogP contribution in [0.5, 0.6) is 0 Å². The Labute approximate surface area is 103 Å². The lowest BCUT2D eigenvalue weighted by atomic mass is 10.0. The molecule has 0 saturated carbocycles. The Morgan fingerprint density at radius 1 is 1.29 bits per heavy atom. The summed E-state index contributed by atoms with van der Waals surface area (Å²) in [6.07, 6.45) is 6.38. The number of allylic oxidation sites excluding steroid dienone is 2. The Morgan fingerprint density at radius 3 is 2.59 bits per heavy atom. The maximum Gasteiger partial charge on any atom is 0.510 e. The Bertz CT molecular complexity index is 265. The standard InChI is InChI=1S/C13H22O4/c1-11(2)5-4-6-12(3)7-8-16-9-10-17-13(14)15/h5,9-10,12H,4,6-8H2,1-3H3,(H,14,15)/b10-9+. The van der Waals surface area contributed by atoms with E-state index in [1.807, 2.05) is 0 Å². The van der Waals surface area contributed by atoms with Gasteiger partial charge in [-0.25, -0.2) is 4.79 Å². The van der Waals surface area contributed by atoms with Crippen molar-refractivity contribution < 1.29 is 19.4 Å².